The van der Waals surface area contributed by atoms with Gasteiger partial charge in [0.15, 0.2) is 0 Å². The first-order valence-electron chi connectivity index (χ1n) is 11.1. The van der Waals surface area contributed by atoms with Crippen molar-refractivity contribution in [3.63, 3.8) is 0 Å². The van der Waals surface area contributed by atoms with Crippen LogP contribution < -0.4 is 4.74 Å². The molecule has 0 saturated heterocycles. The van der Waals surface area contributed by atoms with Crippen LogP contribution in [0, 0.1) is 5.92 Å². The molecule has 1 amide bonds. The van der Waals surface area contributed by atoms with E-state index in [0.29, 0.717) is 35.3 Å². The Labute approximate surface area is 199 Å². The first kappa shape index (κ1) is 22.9. The van der Waals surface area contributed by atoms with Gasteiger partial charge >= 0.3 is 0 Å². The molecule has 5 nitrogen and oxygen atoms in total. The summed E-state index contributed by atoms with van der Waals surface area (Å²) in [5.74, 6) is 1.65. The van der Waals surface area contributed by atoms with Crippen molar-refractivity contribution in [3.8, 4) is 11.4 Å². The molecule has 0 saturated carbocycles. The minimum absolute atomic E-state index is 0.123. The number of carbonyl (C=O) groups is 1. The molecule has 0 aliphatic rings. The monoisotopic (exact) mass is 461 g/mol. The second-order valence-corrected chi connectivity index (χ2v) is 8.88. The van der Waals surface area contributed by atoms with Crippen molar-refractivity contribution in [2.45, 2.75) is 26.8 Å². The number of halogens is 1. The molecular weight excluding hydrogens is 434 g/mol. The number of para-hydroxylation sites is 3. The van der Waals surface area contributed by atoms with Crippen molar-refractivity contribution in [1.29, 1.82) is 0 Å². The van der Waals surface area contributed by atoms with Crippen LogP contribution in [-0.2, 0) is 6.54 Å². The standard InChI is InChI=1S/C27H28ClN3O2/c1-19(2)15-16-30(27(32)22-17-20(28)13-14-25(22)33-3)18-26-29-23-11-7-8-12-24(23)31(26)21-9-5-4-6-10-21/h4-14,17,19H,15-16,18H2,1-3H3. The van der Waals surface area contributed by atoms with Gasteiger partial charge < -0.3 is 9.64 Å². The van der Waals surface area contributed by atoms with Crippen LogP contribution in [0.25, 0.3) is 16.7 Å². The van der Waals surface area contributed by atoms with Gasteiger partial charge in [-0.2, -0.15) is 0 Å². The van der Waals surface area contributed by atoms with Crippen molar-refractivity contribution in [2.75, 3.05) is 13.7 Å². The maximum absolute atomic E-state index is 13.7. The zero-order valence-electron chi connectivity index (χ0n) is 19.2. The molecule has 0 fully saturated rings. The molecule has 33 heavy (non-hydrogen) atoms. The van der Waals surface area contributed by atoms with Crippen LogP contribution in [0.1, 0.15) is 36.5 Å². The number of methoxy groups -OCH3 is 1. The average Bonchev–Trinajstić information content (AvgIpc) is 3.19. The lowest BCUT2D eigenvalue weighted by molar-refractivity contribution is 0.0727. The van der Waals surface area contributed by atoms with Gasteiger partial charge in [-0.15, -0.1) is 0 Å². The summed E-state index contributed by atoms with van der Waals surface area (Å²) in [5, 5.41) is 0.500. The molecule has 1 aromatic heterocycles. The fraction of sp³-hybridized carbons (Fsp3) is 0.259. The van der Waals surface area contributed by atoms with Crippen molar-refractivity contribution in [2.24, 2.45) is 5.92 Å². The van der Waals surface area contributed by atoms with E-state index in [-0.39, 0.29) is 5.91 Å². The third kappa shape index (κ3) is 5.04. The Bertz CT molecular complexity index is 1250. The van der Waals surface area contributed by atoms with Crippen LogP contribution in [0.4, 0.5) is 0 Å². The van der Waals surface area contributed by atoms with E-state index in [1.807, 2.05) is 41.3 Å². The molecule has 0 radical (unpaired) electrons. The molecule has 0 N–H and O–H groups in total. The maximum Gasteiger partial charge on any atom is 0.258 e. The number of fused-ring (bicyclic) bond motifs is 1. The van der Waals surface area contributed by atoms with Crippen molar-refractivity contribution in [1.82, 2.24) is 14.5 Å². The predicted molar refractivity (Wildman–Crippen MR) is 133 cm³/mol. The van der Waals surface area contributed by atoms with Crippen LogP contribution in [0.3, 0.4) is 0 Å². The van der Waals surface area contributed by atoms with Crippen molar-refractivity contribution >= 4 is 28.5 Å². The summed E-state index contributed by atoms with van der Waals surface area (Å²) in [5.41, 5.74) is 3.37. The van der Waals surface area contributed by atoms with E-state index in [4.69, 9.17) is 21.3 Å². The number of imidazole rings is 1. The van der Waals surface area contributed by atoms with E-state index < -0.39 is 0 Å². The fourth-order valence-corrected chi connectivity index (χ4v) is 4.07. The van der Waals surface area contributed by atoms with Crippen molar-refractivity contribution < 1.29 is 9.53 Å². The Morgan fingerprint density at radius 3 is 2.52 bits per heavy atom. The third-order valence-corrected chi connectivity index (χ3v) is 5.87. The van der Waals surface area contributed by atoms with Crippen LogP contribution in [0.5, 0.6) is 5.75 Å². The van der Waals surface area contributed by atoms with Gasteiger partial charge in [0.25, 0.3) is 5.91 Å². The van der Waals surface area contributed by atoms with E-state index in [0.717, 1.165) is 29.0 Å². The Morgan fingerprint density at radius 1 is 1.06 bits per heavy atom. The smallest absolute Gasteiger partial charge is 0.258 e. The zero-order valence-corrected chi connectivity index (χ0v) is 19.9. The van der Waals surface area contributed by atoms with E-state index in [1.165, 1.54) is 0 Å². The Balaban J connectivity index is 1.78. The number of aromatic nitrogens is 2. The van der Waals surface area contributed by atoms with E-state index in [2.05, 4.69) is 36.6 Å². The van der Waals surface area contributed by atoms with Crippen LogP contribution >= 0.6 is 11.6 Å². The van der Waals surface area contributed by atoms with Gasteiger partial charge in [0, 0.05) is 17.3 Å². The first-order valence-corrected chi connectivity index (χ1v) is 11.5. The molecule has 6 heteroatoms. The number of carbonyl (C=O) groups excluding carboxylic acids is 1. The topological polar surface area (TPSA) is 47.4 Å². The molecule has 0 spiro atoms. The largest absolute Gasteiger partial charge is 0.496 e. The van der Waals surface area contributed by atoms with Gasteiger partial charge in [-0.3, -0.25) is 9.36 Å². The second-order valence-electron chi connectivity index (χ2n) is 8.44. The summed E-state index contributed by atoms with van der Waals surface area (Å²) in [4.78, 5) is 20.5. The highest BCUT2D eigenvalue weighted by atomic mass is 35.5. The van der Waals surface area contributed by atoms with E-state index in [9.17, 15) is 4.79 Å². The Morgan fingerprint density at radius 2 is 1.79 bits per heavy atom. The number of hydrogen-bond donors (Lipinski definition) is 0. The predicted octanol–water partition coefficient (Wildman–Crippen LogP) is 6.38. The number of hydrogen-bond acceptors (Lipinski definition) is 3. The second kappa shape index (κ2) is 10.1. The molecule has 0 aliphatic carbocycles. The highest BCUT2D eigenvalue weighted by Gasteiger charge is 2.23. The molecule has 0 aliphatic heterocycles. The van der Waals surface area contributed by atoms with Crippen LogP contribution in [0.15, 0.2) is 72.8 Å². The minimum atomic E-state index is -0.123. The number of nitrogens with zero attached hydrogens (tertiary/aromatic N) is 3. The lowest BCUT2D eigenvalue weighted by Gasteiger charge is -2.25. The fourth-order valence-electron chi connectivity index (χ4n) is 3.90. The number of amides is 1. The first-order chi connectivity index (χ1) is 16.0. The molecule has 1 heterocycles. The van der Waals surface area contributed by atoms with Crippen LogP contribution in [-0.4, -0.2) is 34.0 Å². The summed E-state index contributed by atoms with van der Waals surface area (Å²) >= 11 is 6.23. The third-order valence-electron chi connectivity index (χ3n) is 5.63. The lowest BCUT2D eigenvalue weighted by atomic mass is 10.1. The van der Waals surface area contributed by atoms with Crippen molar-refractivity contribution in [3.05, 3.63) is 89.2 Å². The summed E-state index contributed by atoms with van der Waals surface area (Å²) in [6, 6.07) is 23.3. The van der Waals surface area contributed by atoms with Gasteiger partial charge in [0.1, 0.15) is 11.6 Å². The van der Waals surface area contributed by atoms with Gasteiger partial charge in [-0.25, -0.2) is 4.98 Å². The SMILES string of the molecule is COc1ccc(Cl)cc1C(=O)N(CCC(C)C)Cc1nc2ccccc2n1-c1ccccc1. The Kier molecular flexibility index (Phi) is 6.99. The van der Waals surface area contributed by atoms with E-state index in [1.54, 1.807) is 25.3 Å². The quantitative estimate of drug-likeness (QED) is 0.306. The number of benzene rings is 3. The summed E-state index contributed by atoms with van der Waals surface area (Å²) in [6.45, 7) is 5.28. The minimum Gasteiger partial charge on any atom is -0.496 e. The summed E-state index contributed by atoms with van der Waals surface area (Å²) in [6.07, 6.45) is 0.875. The van der Waals surface area contributed by atoms with E-state index >= 15 is 0 Å². The molecular formula is C27H28ClN3O2. The van der Waals surface area contributed by atoms with Crippen LogP contribution in [0.2, 0.25) is 5.02 Å². The average molecular weight is 462 g/mol. The molecule has 170 valence electrons. The molecule has 0 bridgehead atoms. The number of rotatable bonds is 8. The lowest BCUT2D eigenvalue weighted by Crippen LogP contribution is -2.33. The number of ether oxygens (including phenoxy) is 1. The maximum atomic E-state index is 13.7. The zero-order chi connectivity index (χ0) is 23.4. The normalized spacial score (nSPS) is 11.2. The van der Waals surface area contributed by atoms with Gasteiger partial charge in [0.05, 0.1) is 30.3 Å². The summed E-state index contributed by atoms with van der Waals surface area (Å²) < 4.78 is 7.59. The molecule has 0 atom stereocenters. The highest BCUT2D eigenvalue weighted by Crippen LogP contribution is 2.27. The Hall–Kier alpha value is -3.31. The van der Waals surface area contributed by atoms with Gasteiger partial charge in [-0.05, 0) is 54.8 Å². The molecule has 4 aromatic rings. The summed E-state index contributed by atoms with van der Waals surface area (Å²) in [7, 11) is 1.56. The highest BCUT2D eigenvalue weighted by molar-refractivity contribution is 6.31. The molecule has 4 rings (SSSR count). The molecule has 0 unspecified atom stereocenters. The molecule has 3 aromatic carbocycles. The van der Waals surface area contributed by atoms with Gasteiger partial charge in [0.2, 0.25) is 0 Å². The van der Waals surface area contributed by atoms with Gasteiger partial charge in [-0.1, -0.05) is 55.8 Å².